The first-order valence-corrected chi connectivity index (χ1v) is 11.6. The maximum atomic E-state index is 12.8. The highest BCUT2D eigenvalue weighted by atomic mass is 32.2. The number of hydrogen-bond donors (Lipinski definition) is 2. The fraction of sp³-hybridized carbons (Fsp3) is 0.429. The van der Waals surface area contributed by atoms with Crippen molar-refractivity contribution in [1.29, 1.82) is 0 Å². The Morgan fingerprint density at radius 2 is 1.90 bits per heavy atom. The smallest absolute Gasteiger partial charge is 0.255 e. The third-order valence-corrected chi connectivity index (χ3v) is 6.78. The molecular formula is C21H26N4O3S. The van der Waals surface area contributed by atoms with Gasteiger partial charge in [-0.1, -0.05) is 6.07 Å². The molecule has 0 unspecified atom stereocenters. The summed E-state index contributed by atoms with van der Waals surface area (Å²) in [6.07, 6.45) is 7.28. The van der Waals surface area contributed by atoms with E-state index in [0.717, 1.165) is 44.6 Å². The van der Waals surface area contributed by atoms with Crippen LogP contribution in [-0.2, 0) is 10.0 Å². The van der Waals surface area contributed by atoms with E-state index in [-0.39, 0.29) is 10.8 Å². The molecule has 1 aromatic carbocycles. The van der Waals surface area contributed by atoms with Gasteiger partial charge in [-0.3, -0.25) is 4.79 Å². The molecule has 2 N–H and O–H groups in total. The molecular weight excluding hydrogens is 388 g/mol. The summed E-state index contributed by atoms with van der Waals surface area (Å²) in [5, 5.41) is 2.90. The van der Waals surface area contributed by atoms with Crippen LogP contribution in [0.3, 0.4) is 0 Å². The van der Waals surface area contributed by atoms with Crippen LogP contribution < -0.4 is 14.9 Å². The van der Waals surface area contributed by atoms with E-state index in [1.807, 2.05) is 6.07 Å². The maximum Gasteiger partial charge on any atom is 0.255 e. The van der Waals surface area contributed by atoms with Gasteiger partial charge in [-0.15, -0.1) is 0 Å². The molecule has 1 saturated heterocycles. The van der Waals surface area contributed by atoms with Crippen molar-refractivity contribution in [2.45, 2.75) is 37.0 Å². The predicted molar refractivity (Wildman–Crippen MR) is 113 cm³/mol. The number of pyridine rings is 1. The minimum atomic E-state index is -3.62. The average Bonchev–Trinajstić information content (AvgIpc) is 3.58. The lowest BCUT2D eigenvalue weighted by Gasteiger charge is -2.29. The Bertz CT molecular complexity index is 983. The second-order valence-electron chi connectivity index (χ2n) is 7.70. The summed E-state index contributed by atoms with van der Waals surface area (Å²) in [6, 6.07) is 9.75. The third kappa shape index (κ3) is 4.94. The minimum Gasteiger partial charge on any atom is -0.355 e. The summed E-state index contributed by atoms with van der Waals surface area (Å²) in [4.78, 5) is 19.6. The third-order valence-electron chi connectivity index (χ3n) is 5.36. The van der Waals surface area contributed by atoms with Crippen molar-refractivity contribution in [3.05, 3.63) is 48.2 Å². The lowest BCUT2D eigenvalue weighted by Crippen LogP contribution is -2.31. The van der Waals surface area contributed by atoms with E-state index in [1.165, 1.54) is 18.6 Å². The van der Waals surface area contributed by atoms with Gasteiger partial charge in [0.25, 0.3) is 5.91 Å². The molecule has 1 amide bonds. The van der Waals surface area contributed by atoms with Gasteiger partial charge in [0.2, 0.25) is 10.0 Å². The second kappa shape index (κ2) is 8.51. The zero-order valence-electron chi connectivity index (χ0n) is 16.3. The second-order valence-corrected chi connectivity index (χ2v) is 9.47. The van der Waals surface area contributed by atoms with Crippen molar-refractivity contribution in [3.8, 4) is 0 Å². The molecule has 2 heterocycles. The number of piperidine rings is 1. The fourth-order valence-corrected chi connectivity index (χ4v) is 4.65. The average molecular weight is 415 g/mol. The number of rotatable bonds is 7. The Balaban J connectivity index is 1.50. The first-order chi connectivity index (χ1) is 14.0. The molecule has 0 atom stereocenters. The van der Waals surface area contributed by atoms with Crippen LogP contribution in [0.15, 0.2) is 47.5 Å². The molecule has 4 rings (SSSR count). The van der Waals surface area contributed by atoms with Crippen molar-refractivity contribution in [3.63, 3.8) is 0 Å². The molecule has 0 spiro atoms. The highest BCUT2D eigenvalue weighted by molar-refractivity contribution is 7.89. The first-order valence-electron chi connectivity index (χ1n) is 10.1. The SMILES string of the molecule is O=C(Nc1cccnc1N1CCCCC1)c1cccc(S(=O)(=O)NCC2CC2)c1. The topological polar surface area (TPSA) is 91.4 Å². The van der Waals surface area contributed by atoms with Gasteiger partial charge >= 0.3 is 0 Å². The van der Waals surface area contributed by atoms with Crippen LogP contribution >= 0.6 is 0 Å². The minimum absolute atomic E-state index is 0.105. The Kier molecular flexibility index (Phi) is 5.82. The van der Waals surface area contributed by atoms with Gasteiger partial charge < -0.3 is 10.2 Å². The molecule has 2 aromatic rings. The Labute approximate surface area is 171 Å². The molecule has 2 aliphatic rings. The van der Waals surface area contributed by atoms with E-state index in [1.54, 1.807) is 24.4 Å². The number of sulfonamides is 1. The van der Waals surface area contributed by atoms with Crippen LogP contribution in [0.1, 0.15) is 42.5 Å². The number of hydrogen-bond acceptors (Lipinski definition) is 5. The van der Waals surface area contributed by atoms with Crippen molar-refractivity contribution in [1.82, 2.24) is 9.71 Å². The molecule has 2 fully saturated rings. The molecule has 1 aliphatic carbocycles. The number of nitrogens with zero attached hydrogens (tertiary/aromatic N) is 2. The molecule has 154 valence electrons. The normalized spacial score (nSPS) is 17.2. The highest BCUT2D eigenvalue weighted by Crippen LogP contribution is 2.28. The van der Waals surface area contributed by atoms with Gasteiger partial charge in [0.15, 0.2) is 5.82 Å². The summed E-state index contributed by atoms with van der Waals surface area (Å²) < 4.78 is 27.6. The van der Waals surface area contributed by atoms with Gasteiger partial charge in [0.1, 0.15) is 0 Å². The molecule has 8 heteroatoms. The van der Waals surface area contributed by atoms with E-state index >= 15 is 0 Å². The number of benzene rings is 1. The van der Waals surface area contributed by atoms with E-state index in [0.29, 0.717) is 23.7 Å². The van der Waals surface area contributed by atoms with Crippen molar-refractivity contribution < 1.29 is 13.2 Å². The molecule has 0 radical (unpaired) electrons. The summed E-state index contributed by atoms with van der Waals surface area (Å²) in [7, 11) is -3.62. The van der Waals surface area contributed by atoms with E-state index in [4.69, 9.17) is 0 Å². The van der Waals surface area contributed by atoms with Gasteiger partial charge in [0, 0.05) is 31.4 Å². The first kappa shape index (κ1) is 19.8. The standard InChI is InChI=1S/C21H26N4O3S/c26-21(24-19-8-5-11-22-20(19)25-12-2-1-3-13-25)17-6-4-7-18(14-17)29(27,28)23-15-16-9-10-16/h4-8,11,14,16,23H,1-3,9-10,12-13,15H2,(H,24,26). The quantitative estimate of drug-likeness (QED) is 0.727. The van der Waals surface area contributed by atoms with Crippen LogP contribution in [0.4, 0.5) is 11.5 Å². The number of amides is 1. The highest BCUT2D eigenvalue weighted by Gasteiger charge is 2.25. The van der Waals surface area contributed by atoms with Crippen LogP contribution in [0.2, 0.25) is 0 Å². The Morgan fingerprint density at radius 1 is 1.10 bits per heavy atom. The fourth-order valence-electron chi connectivity index (χ4n) is 3.48. The number of anilines is 2. The van der Waals surface area contributed by atoms with Gasteiger partial charge in [-0.25, -0.2) is 18.1 Å². The zero-order chi connectivity index (χ0) is 20.3. The van der Waals surface area contributed by atoms with Gasteiger partial charge in [-0.2, -0.15) is 0 Å². The van der Waals surface area contributed by atoms with Crippen molar-refractivity contribution >= 4 is 27.4 Å². The number of nitrogens with one attached hydrogen (secondary N) is 2. The van der Waals surface area contributed by atoms with Crippen LogP contribution in [-0.4, -0.2) is 38.9 Å². The van der Waals surface area contributed by atoms with Gasteiger partial charge in [-0.05, 0) is 68.4 Å². The Hall–Kier alpha value is -2.45. The molecule has 0 bridgehead atoms. The molecule has 7 nitrogen and oxygen atoms in total. The van der Waals surface area contributed by atoms with Gasteiger partial charge in [0.05, 0.1) is 10.6 Å². The molecule has 29 heavy (non-hydrogen) atoms. The zero-order valence-corrected chi connectivity index (χ0v) is 17.1. The molecule has 1 aromatic heterocycles. The Morgan fingerprint density at radius 3 is 2.66 bits per heavy atom. The lowest BCUT2D eigenvalue weighted by molar-refractivity contribution is 0.102. The monoisotopic (exact) mass is 414 g/mol. The summed E-state index contributed by atoms with van der Waals surface area (Å²) >= 11 is 0. The van der Waals surface area contributed by atoms with Crippen LogP contribution in [0.25, 0.3) is 0 Å². The summed E-state index contributed by atoms with van der Waals surface area (Å²) in [5.41, 5.74) is 0.937. The molecule has 1 aliphatic heterocycles. The maximum absolute atomic E-state index is 12.8. The predicted octanol–water partition coefficient (Wildman–Crippen LogP) is 3.01. The number of aromatic nitrogens is 1. The van der Waals surface area contributed by atoms with Crippen molar-refractivity contribution in [2.24, 2.45) is 5.92 Å². The largest absolute Gasteiger partial charge is 0.355 e. The number of carbonyl (C=O) groups is 1. The van der Waals surface area contributed by atoms with Crippen LogP contribution in [0, 0.1) is 5.92 Å². The summed E-state index contributed by atoms with van der Waals surface area (Å²) in [6.45, 7) is 2.29. The molecule has 1 saturated carbocycles. The number of carbonyl (C=O) groups excluding carboxylic acids is 1. The van der Waals surface area contributed by atoms with E-state index in [9.17, 15) is 13.2 Å². The van der Waals surface area contributed by atoms with Crippen molar-refractivity contribution in [2.75, 3.05) is 29.9 Å². The van der Waals surface area contributed by atoms with E-state index in [2.05, 4.69) is 19.9 Å². The summed E-state index contributed by atoms with van der Waals surface area (Å²) in [5.74, 6) is 0.848. The lowest BCUT2D eigenvalue weighted by atomic mass is 10.1. The van der Waals surface area contributed by atoms with E-state index < -0.39 is 10.0 Å². The van der Waals surface area contributed by atoms with Crippen LogP contribution in [0.5, 0.6) is 0 Å².